The summed E-state index contributed by atoms with van der Waals surface area (Å²) in [6.07, 6.45) is 2.18. The average Bonchev–Trinajstić information content (AvgIpc) is 3.06. The Morgan fingerprint density at radius 1 is 1.13 bits per heavy atom. The third-order valence-corrected chi connectivity index (χ3v) is 8.84. The Hall–Kier alpha value is -3.73. The van der Waals surface area contributed by atoms with Crippen LogP contribution in [0.25, 0.3) is 10.9 Å². The normalized spacial score (nSPS) is 17.8. The third kappa shape index (κ3) is 7.57. The second-order valence-electron chi connectivity index (χ2n) is 11.6. The van der Waals surface area contributed by atoms with Crippen LogP contribution in [-0.4, -0.2) is 84.1 Å². The number of morpholine rings is 1. The number of pyridine rings is 1. The van der Waals surface area contributed by atoms with Crippen molar-refractivity contribution in [3.05, 3.63) is 70.7 Å². The molecule has 2 fully saturated rings. The topological polar surface area (TPSA) is 107 Å². The van der Waals surface area contributed by atoms with Gasteiger partial charge in [-0.05, 0) is 61.1 Å². The summed E-state index contributed by atoms with van der Waals surface area (Å²) in [7, 11) is 1.58. The van der Waals surface area contributed by atoms with Gasteiger partial charge in [-0.25, -0.2) is 18.7 Å². The fourth-order valence-electron chi connectivity index (χ4n) is 6.18. The van der Waals surface area contributed by atoms with Crippen LogP contribution in [0.5, 0.6) is 5.75 Å². The number of benzene rings is 2. The maximum absolute atomic E-state index is 14.0. The van der Waals surface area contributed by atoms with Gasteiger partial charge in [-0.1, -0.05) is 11.8 Å². The molecule has 5 rings (SSSR count). The molecule has 0 aliphatic carbocycles. The van der Waals surface area contributed by atoms with Gasteiger partial charge in [0, 0.05) is 50.4 Å². The summed E-state index contributed by atoms with van der Waals surface area (Å²) in [5, 5.41) is 22.1. The van der Waals surface area contributed by atoms with Crippen molar-refractivity contribution in [3.8, 4) is 17.6 Å². The monoisotopic (exact) mass is 626 g/mol. The lowest BCUT2D eigenvalue weighted by Gasteiger charge is -2.40. The van der Waals surface area contributed by atoms with Gasteiger partial charge in [0.05, 0.1) is 49.5 Å². The summed E-state index contributed by atoms with van der Waals surface area (Å²) in [4.78, 5) is 21.9. The van der Waals surface area contributed by atoms with E-state index in [1.807, 2.05) is 28.6 Å². The van der Waals surface area contributed by atoms with E-state index in [0.29, 0.717) is 69.4 Å². The molecule has 2 aromatic carbocycles. The quantitative estimate of drug-likeness (QED) is 0.142. The van der Waals surface area contributed by atoms with Crippen LogP contribution < -0.4 is 10.2 Å². The predicted molar refractivity (Wildman–Crippen MR) is 160 cm³/mol. The number of hydrogen-bond acceptors (Lipinski definition) is 8. The first-order chi connectivity index (χ1) is 21.7. The van der Waals surface area contributed by atoms with E-state index in [0.717, 1.165) is 35.7 Å². The number of rotatable bonds is 9. The minimum atomic E-state index is -1.30. The van der Waals surface area contributed by atoms with Crippen molar-refractivity contribution in [2.75, 3.05) is 53.0 Å². The second-order valence-corrected chi connectivity index (χ2v) is 11.6. The van der Waals surface area contributed by atoms with Crippen molar-refractivity contribution >= 4 is 16.8 Å². The number of piperidine rings is 1. The number of hydrogen-bond donors (Lipinski definition) is 3. The number of hydroxylamine groups is 1. The molecule has 3 N–H and O–H groups in total. The Labute approximate surface area is 259 Å². The highest BCUT2D eigenvalue weighted by atomic mass is 19.2. The molecular weight excluding hydrogens is 589 g/mol. The number of methoxy groups -OCH3 is 1. The molecule has 1 amide bonds. The first-order valence-corrected chi connectivity index (χ1v) is 15.0. The summed E-state index contributed by atoms with van der Waals surface area (Å²) in [5.41, 5.74) is 2.85. The van der Waals surface area contributed by atoms with E-state index in [2.05, 4.69) is 21.7 Å². The molecule has 9 nitrogen and oxygen atoms in total. The van der Waals surface area contributed by atoms with Gasteiger partial charge in [0.25, 0.3) is 0 Å². The van der Waals surface area contributed by atoms with Crippen LogP contribution >= 0.6 is 0 Å². The number of aromatic nitrogens is 1. The Morgan fingerprint density at radius 3 is 2.60 bits per heavy atom. The fourth-order valence-corrected chi connectivity index (χ4v) is 6.18. The van der Waals surface area contributed by atoms with E-state index in [-0.39, 0.29) is 18.5 Å². The summed E-state index contributed by atoms with van der Waals surface area (Å²) >= 11 is 0. The third-order valence-electron chi connectivity index (χ3n) is 8.84. The van der Waals surface area contributed by atoms with Crippen molar-refractivity contribution in [2.24, 2.45) is 5.41 Å². The van der Waals surface area contributed by atoms with Crippen molar-refractivity contribution < 1.29 is 37.8 Å². The molecule has 0 radical (unpaired) electrons. The number of likely N-dealkylation sites (tertiary alicyclic amines) is 1. The van der Waals surface area contributed by atoms with Crippen LogP contribution in [0.2, 0.25) is 0 Å². The number of nitrogens with one attached hydrogen (secondary N) is 1. The number of carbonyl (C=O) groups excluding carboxylic acids is 1. The summed E-state index contributed by atoms with van der Waals surface area (Å²) in [6.45, 7) is 4.46. The largest absolute Gasteiger partial charge is 0.497 e. The van der Waals surface area contributed by atoms with Crippen molar-refractivity contribution in [2.45, 2.75) is 38.3 Å². The van der Waals surface area contributed by atoms with Gasteiger partial charge in [-0.3, -0.25) is 24.8 Å². The van der Waals surface area contributed by atoms with Crippen molar-refractivity contribution in [1.29, 1.82) is 0 Å². The second kappa shape index (κ2) is 14.6. The summed E-state index contributed by atoms with van der Waals surface area (Å²) in [5.74, 6) is 1.95. The maximum atomic E-state index is 14.0. The number of nitrogens with zero attached hydrogens (tertiary/aromatic N) is 3. The van der Waals surface area contributed by atoms with Crippen LogP contribution in [0.3, 0.4) is 0 Å². The number of aliphatic hydroxyl groups excluding tert-OH is 1. The molecule has 0 spiro atoms. The van der Waals surface area contributed by atoms with Crippen LogP contribution in [0.15, 0.2) is 36.5 Å². The molecule has 1 atom stereocenters. The zero-order chi connectivity index (χ0) is 32.0. The van der Waals surface area contributed by atoms with E-state index in [9.17, 15) is 28.3 Å². The highest BCUT2D eigenvalue weighted by molar-refractivity contribution is 5.85. The van der Waals surface area contributed by atoms with E-state index in [1.54, 1.807) is 13.3 Å². The lowest BCUT2D eigenvalue weighted by atomic mass is 9.73. The molecule has 12 heteroatoms. The molecule has 2 aliphatic heterocycles. The number of halogens is 3. The number of carbonyl (C=O) groups is 1. The molecular formula is C33H37F3N4O5. The van der Waals surface area contributed by atoms with Gasteiger partial charge < -0.3 is 14.6 Å². The smallest absolute Gasteiger partial charge is 0.249 e. The minimum absolute atomic E-state index is 0.201. The standard InChI is InChI=1S/C33H37F3N4O5/c1-44-25-4-5-28-26(19-25)30(23(20-37-28)21-40-13-15-45-16-14-40)29(41)6-7-33(32(42)38-43)8-11-39(12-9-33)10-2-3-22-17-24(34)18-27(35)31(22)36/h4-5,17-20,29,41,43H,6-16,21H2,1H3,(H,38,42)/t29-/m1/s1. The van der Waals surface area contributed by atoms with Gasteiger partial charge >= 0.3 is 0 Å². The molecule has 1 aromatic heterocycles. The van der Waals surface area contributed by atoms with Gasteiger partial charge in [0.2, 0.25) is 5.91 Å². The molecule has 3 heterocycles. The van der Waals surface area contributed by atoms with E-state index >= 15 is 0 Å². The Kier molecular flexibility index (Phi) is 10.6. The summed E-state index contributed by atoms with van der Waals surface area (Å²) < 4.78 is 51.9. The predicted octanol–water partition coefficient (Wildman–Crippen LogP) is 3.95. The highest BCUT2D eigenvalue weighted by Crippen LogP contribution is 2.40. The fraction of sp³-hybridized carbons (Fsp3) is 0.455. The maximum Gasteiger partial charge on any atom is 0.249 e. The van der Waals surface area contributed by atoms with Gasteiger partial charge in [0.1, 0.15) is 11.6 Å². The Balaban J connectivity index is 1.31. The number of ether oxygens (including phenoxy) is 2. The zero-order valence-electron chi connectivity index (χ0n) is 25.1. The molecule has 0 unspecified atom stereocenters. The molecule has 2 saturated heterocycles. The lowest BCUT2D eigenvalue weighted by Crippen LogP contribution is -2.48. The molecule has 2 aliphatic rings. The number of amides is 1. The Morgan fingerprint density at radius 2 is 1.89 bits per heavy atom. The van der Waals surface area contributed by atoms with Crippen molar-refractivity contribution in [3.63, 3.8) is 0 Å². The number of aliphatic hydroxyl groups is 1. The molecule has 0 bridgehead atoms. The zero-order valence-corrected chi connectivity index (χ0v) is 25.1. The number of fused-ring (bicyclic) bond motifs is 1. The van der Waals surface area contributed by atoms with Crippen LogP contribution in [-0.2, 0) is 16.1 Å². The van der Waals surface area contributed by atoms with Crippen LogP contribution in [0.1, 0.15) is 48.5 Å². The van der Waals surface area contributed by atoms with Gasteiger partial charge in [0.15, 0.2) is 11.6 Å². The highest BCUT2D eigenvalue weighted by Gasteiger charge is 2.41. The SMILES string of the molecule is COc1ccc2ncc(CN3CCOCC3)c([C@H](O)CCC3(C(=O)NO)CCN(CC#Cc4cc(F)cc(F)c4F)CC3)c2c1. The first kappa shape index (κ1) is 32.7. The minimum Gasteiger partial charge on any atom is -0.497 e. The van der Waals surface area contributed by atoms with Gasteiger partial charge in [-0.15, -0.1) is 0 Å². The Bertz CT molecular complexity index is 1580. The molecule has 3 aromatic rings. The van der Waals surface area contributed by atoms with E-state index in [1.165, 1.54) is 0 Å². The van der Waals surface area contributed by atoms with Crippen LogP contribution in [0.4, 0.5) is 13.2 Å². The first-order valence-electron chi connectivity index (χ1n) is 15.0. The lowest BCUT2D eigenvalue weighted by molar-refractivity contribution is -0.143. The van der Waals surface area contributed by atoms with Crippen LogP contribution in [0, 0.1) is 34.7 Å². The van der Waals surface area contributed by atoms with Gasteiger partial charge in [-0.2, -0.15) is 0 Å². The molecule has 240 valence electrons. The van der Waals surface area contributed by atoms with Crippen molar-refractivity contribution in [1.82, 2.24) is 20.3 Å². The van der Waals surface area contributed by atoms with E-state index in [4.69, 9.17) is 9.47 Å². The van der Waals surface area contributed by atoms with E-state index < -0.39 is 34.9 Å². The average molecular weight is 627 g/mol. The summed E-state index contributed by atoms with van der Waals surface area (Å²) in [6, 6.07) is 6.84. The molecule has 45 heavy (non-hydrogen) atoms. The molecule has 0 saturated carbocycles.